The van der Waals surface area contributed by atoms with E-state index in [2.05, 4.69) is 5.32 Å². The Labute approximate surface area is 200 Å². The number of piperidine rings is 2. The van der Waals surface area contributed by atoms with Crippen molar-refractivity contribution in [3.63, 3.8) is 0 Å². The van der Waals surface area contributed by atoms with Gasteiger partial charge >= 0.3 is 0 Å². The number of nitrogens with one attached hydrogen (secondary N) is 1. The van der Waals surface area contributed by atoms with Crippen LogP contribution < -0.4 is 5.32 Å². The van der Waals surface area contributed by atoms with Crippen LogP contribution in [0.2, 0.25) is 0 Å². The predicted octanol–water partition coefficient (Wildman–Crippen LogP) is 3.80. The van der Waals surface area contributed by atoms with Crippen molar-refractivity contribution in [3.8, 4) is 0 Å². The molecule has 0 spiro atoms. The largest absolute Gasteiger partial charge is 0.341 e. The van der Waals surface area contributed by atoms with E-state index in [1.54, 1.807) is 29.2 Å². The van der Waals surface area contributed by atoms with E-state index in [1.165, 1.54) is 12.1 Å². The van der Waals surface area contributed by atoms with Gasteiger partial charge in [-0.1, -0.05) is 29.8 Å². The third-order valence-electron chi connectivity index (χ3n) is 6.94. The van der Waals surface area contributed by atoms with Crippen molar-refractivity contribution in [1.29, 1.82) is 0 Å². The standard InChI is InChI=1S/C27H32FN3O3/c1-19-9-11-21(12-10-19)25(32)29-24(27(34)30-15-5-2-6-16-30)20-13-17-31(18-14-20)26(33)22-7-3-4-8-23(22)28/h3-4,7-12,20,24H,2,5-6,13-18H2,1H3,(H,29,32)/t24-/m1/s1. The van der Waals surface area contributed by atoms with Gasteiger partial charge < -0.3 is 15.1 Å². The van der Waals surface area contributed by atoms with E-state index >= 15 is 0 Å². The van der Waals surface area contributed by atoms with Gasteiger partial charge in [-0.2, -0.15) is 0 Å². The van der Waals surface area contributed by atoms with Gasteiger partial charge in [-0.05, 0) is 69.2 Å². The number of carbonyl (C=O) groups is 3. The highest BCUT2D eigenvalue weighted by molar-refractivity contribution is 5.98. The number of amides is 3. The van der Waals surface area contributed by atoms with Crippen molar-refractivity contribution in [3.05, 3.63) is 71.0 Å². The Morgan fingerprint density at radius 2 is 1.53 bits per heavy atom. The Kier molecular flexibility index (Phi) is 7.60. The first-order valence-electron chi connectivity index (χ1n) is 12.1. The van der Waals surface area contributed by atoms with Crippen LogP contribution in [-0.4, -0.2) is 59.7 Å². The van der Waals surface area contributed by atoms with Gasteiger partial charge in [-0.3, -0.25) is 14.4 Å². The monoisotopic (exact) mass is 465 g/mol. The number of rotatable bonds is 5. The molecule has 3 amide bonds. The lowest BCUT2D eigenvalue weighted by Gasteiger charge is -2.38. The molecule has 4 rings (SSSR count). The number of halogens is 1. The van der Waals surface area contributed by atoms with E-state index in [0.29, 0.717) is 44.6 Å². The molecule has 0 bridgehead atoms. The number of hydrogen-bond donors (Lipinski definition) is 1. The van der Waals surface area contributed by atoms with Crippen molar-refractivity contribution in [2.75, 3.05) is 26.2 Å². The fraction of sp³-hybridized carbons (Fsp3) is 0.444. The van der Waals surface area contributed by atoms with E-state index in [-0.39, 0.29) is 29.2 Å². The molecule has 2 aliphatic heterocycles. The molecule has 0 saturated carbocycles. The number of likely N-dealkylation sites (tertiary alicyclic amines) is 2. The average molecular weight is 466 g/mol. The molecule has 2 heterocycles. The van der Waals surface area contributed by atoms with E-state index in [0.717, 1.165) is 24.8 Å². The van der Waals surface area contributed by atoms with E-state index in [4.69, 9.17) is 0 Å². The molecule has 7 heteroatoms. The maximum Gasteiger partial charge on any atom is 0.256 e. The van der Waals surface area contributed by atoms with Gasteiger partial charge in [0.05, 0.1) is 5.56 Å². The topological polar surface area (TPSA) is 69.7 Å². The SMILES string of the molecule is Cc1ccc(C(=O)N[C@@H](C(=O)N2CCCCC2)C2CCN(C(=O)c3ccccc3F)CC2)cc1. The molecule has 34 heavy (non-hydrogen) atoms. The summed E-state index contributed by atoms with van der Waals surface area (Å²) in [5.74, 6) is -1.26. The van der Waals surface area contributed by atoms with Crippen LogP contribution in [0.4, 0.5) is 4.39 Å². The van der Waals surface area contributed by atoms with Crippen molar-refractivity contribution in [1.82, 2.24) is 15.1 Å². The molecule has 180 valence electrons. The van der Waals surface area contributed by atoms with Crippen LogP contribution in [-0.2, 0) is 4.79 Å². The number of hydrogen-bond acceptors (Lipinski definition) is 3. The van der Waals surface area contributed by atoms with E-state index in [9.17, 15) is 18.8 Å². The van der Waals surface area contributed by atoms with Gasteiger partial charge in [0.25, 0.3) is 11.8 Å². The zero-order valence-electron chi connectivity index (χ0n) is 19.6. The highest BCUT2D eigenvalue weighted by Crippen LogP contribution is 2.25. The first kappa shape index (κ1) is 23.9. The molecule has 6 nitrogen and oxygen atoms in total. The van der Waals surface area contributed by atoms with Crippen LogP contribution in [0.25, 0.3) is 0 Å². The normalized spacial score (nSPS) is 17.8. The van der Waals surface area contributed by atoms with Crippen LogP contribution in [0.1, 0.15) is 58.4 Å². The van der Waals surface area contributed by atoms with E-state index < -0.39 is 11.9 Å². The Morgan fingerprint density at radius 1 is 0.882 bits per heavy atom. The third kappa shape index (κ3) is 5.46. The molecule has 1 N–H and O–H groups in total. The summed E-state index contributed by atoms with van der Waals surface area (Å²) in [6, 6.07) is 12.6. The maximum atomic E-state index is 14.1. The molecule has 0 aromatic heterocycles. The summed E-state index contributed by atoms with van der Waals surface area (Å²) in [5, 5.41) is 3.01. The van der Waals surface area contributed by atoms with E-state index in [1.807, 2.05) is 24.0 Å². The molecule has 2 aliphatic rings. The molecule has 2 aromatic carbocycles. The highest BCUT2D eigenvalue weighted by Gasteiger charge is 2.36. The van der Waals surface area contributed by atoms with Crippen LogP contribution in [0.3, 0.4) is 0 Å². The summed E-state index contributed by atoms with van der Waals surface area (Å²) in [5.41, 5.74) is 1.65. The molecular weight excluding hydrogens is 433 g/mol. The van der Waals surface area contributed by atoms with Gasteiger partial charge in [0.2, 0.25) is 5.91 Å². The number of carbonyl (C=O) groups excluding carboxylic acids is 3. The number of benzene rings is 2. The molecule has 0 radical (unpaired) electrons. The van der Waals surface area contributed by atoms with Crippen LogP contribution in [0, 0.1) is 18.7 Å². The van der Waals surface area contributed by atoms with Gasteiger partial charge in [-0.25, -0.2) is 4.39 Å². The van der Waals surface area contributed by atoms with Gasteiger partial charge in [0, 0.05) is 31.7 Å². The van der Waals surface area contributed by atoms with Crippen molar-refractivity contribution in [2.45, 2.75) is 45.1 Å². The summed E-state index contributed by atoms with van der Waals surface area (Å²) in [6.45, 7) is 4.21. The number of nitrogens with zero attached hydrogens (tertiary/aromatic N) is 2. The molecule has 2 aromatic rings. The fourth-order valence-corrected chi connectivity index (χ4v) is 4.86. The smallest absolute Gasteiger partial charge is 0.256 e. The average Bonchev–Trinajstić information content (AvgIpc) is 2.88. The summed E-state index contributed by atoms with van der Waals surface area (Å²) in [4.78, 5) is 42.8. The first-order valence-corrected chi connectivity index (χ1v) is 12.1. The second kappa shape index (κ2) is 10.8. The fourth-order valence-electron chi connectivity index (χ4n) is 4.86. The van der Waals surface area contributed by atoms with Gasteiger partial charge in [-0.15, -0.1) is 0 Å². The maximum absolute atomic E-state index is 14.1. The molecule has 2 fully saturated rings. The first-order chi connectivity index (χ1) is 16.4. The summed E-state index contributed by atoms with van der Waals surface area (Å²) in [7, 11) is 0. The molecule has 0 unspecified atom stereocenters. The third-order valence-corrected chi connectivity index (χ3v) is 6.94. The Hall–Kier alpha value is -3.22. The lowest BCUT2D eigenvalue weighted by Crippen LogP contribution is -2.55. The van der Waals surface area contributed by atoms with Crippen LogP contribution in [0.15, 0.2) is 48.5 Å². The zero-order valence-corrected chi connectivity index (χ0v) is 19.6. The Bertz CT molecular complexity index is 1030. The molecule has 0 aliphatic carbocycles. The Morgan fingerprint density at radius 3 is 2.18 bits per heavy atom. The summed E-state index contributed by atoms with van der Waals surface area (Å²) < 4.78 is 14.1. The van der Waals surface area contributed by atoms with Crippen molar-refractivity contribution < 1.29 is 18.8 Å². The lowest BCUT2D eigenvalue weighted by molar-refractivity contribution is -0.136. The minimum absolute atomic E-state index is 0.0426. The zero-order chi connectivity index (χ0) is 24.1. The Balaban J connectivity index is 1.47. The minimum Gasteiger partial charge on any atom is -0.341 e. The van der Waals surface area contributed by atoms with Crippen molar-refractivity contribution in [2.24, 2.45) is 5.92 Å². The highest BCUT2D eigenvalue weighted by atomic mass is 19.1. The lowest BCUT2D eigenvalue weighted by atomic mass is 9.87. The van der Waals surface area contributed by atoms with Crippen LogP contribution >= 0.6 is 0 Å². The van der Waals surface area contributed by atoms with Crippen LogP contribution in [0.5, 0.6) is 0 Å². The second-order valence-corrected chi connectivity index (χ2v) is 9.31. The second-order valence-electron chi connectivity index (χ2n) is 9.31. The predicted molar refractivity (Wildman–Crippen MR) is 128 cm³/mol. The molecule has 1 atom stereocenters. The summed E-state index contributed by atoms with van der Waals surface area (Å²) >= 11 is 0. The van der Waals surface area contributed by atoms with Crippen molar-refractivity contribution >= 4 is 17.7 Å². The summed E-state index contributed by atoms with van der Waals surface area (Å²) in [6.07, 6.45) is 4.19. The molecular formula is C27H32FN3O3. The molecule has 2 saturated heterocycles. The van der Waals surface area contributed by atoms with Gasteiger partial charge in [0.1, 0.15) is 11.9 Å². The van der Waals surface area contributed by atoms with Gasteiger partial charge in [0.15, 0.2) is 0 Å². The minimum atomic E-state index is -0.641. The number of aryl methyl sites for hydroxylation is 1. The quantitative estimate of drug-likeness (QED) is 0.730.